The summed E-state index contributed by atoms with van der Waals surface area (Å²) in [5.41, 5.74) is 7.53. The summed E-state index contributed by atoms with van der Waals surface area (Å²) >= 11 is 1.54. The van der Waals surface area contributed by atoms with Crippen molar-refractivity contribution < 1.29 is 9.90 Å². The third-order valence-corrected chi connectivity index (χ3v) is 7.53. The Bertz CT molecular complexity index is 756. The van der Waals surface area contributed by atoms with Crippen molar-refractivity contribution in [2.75, 3.05) is 6.54 Å². The fourth-order valence-electron chi connectivity index (χ4n) is 5.06. The molecule has 0 spiro atoms. The van der Waals surface area contributed by atoms with Gasteiger partial charge in [0.15, 0.2) is 0 Å². The molecule has 1 aromatic heterocycles. The quantitative estimate of drug-likeness (QED) is 0.708. The molecule has 0 saturated heterocycles. The first-order chi connectivity index (χ1) is 13.6. The van der Waals surface area contributed by atoms with Crippen molar-refractivity contribution in [3.8, 4) is 0 Å². The van der Waals surface area contributed by atoms with Crippen LogP contribution in [0.4, 0.5) is 0 Å². The van der Waals surface area contributed by atoms with Gasteiger partial charge in [0.25, 0.3) is 0 Å². The number of thiophene rings is 1. The molecule has 0 radical (unpaired) electrons. The molecule has 29 heavy (non-hydrogen) atoms. The Morgan fingerprint density at radius 1 is 1.14 bits per heavy atom. The number of carbonyl (C=O) groups excluding carboxylic acids is 1. The molecule has 1 heterocycles. The smallest absolute Gasteiger partial charge is 0.226 e. The van der Waals surface area contributed by atoms with Gasteiger partial charge in [-0.3, -0.25) is 4.79 Å². The molecule has 3 N–H and O–H groups in total. The molecule has 1 aromatic carbocycles. The van der Waals surface area contributed by atoms with Crippen molar-refractivity contribution >= 4 is 29.7 Å². The third kappa shape index (κ3) is 5.21. The topological polar surface area (TPSA) is 66.6 Å². The van der Waals surface area contributed by atoms with E-state index in [9.17, 15) is 9.90 Å². The lowest BCUT2D eigenvalue weighted by molar-refractivity contribution is -0.140. The fourth-order valence-corrected chi connectivity index (χ4v) is 5.77. The second-order valence-corrected chi connectivity index (χ2v) is 9.41. The maximum Gasteiger partial charge on any atom is 0.226 e. The van der Waals surface area contributed by atoms with Gasteiger partial charge in [-0.15, -0.1) is 23.7 Å². The van der Waals surface area contributed by atoms with Crippen LogP contribution in [0.15, 0.2) is 47.8 Å². The van der Waals surface area contributed by atoms with E-state index in [-0.39, 0.29) is 30.3 Å². The van der Waals surface area contributed by atoms with Crippen molar-refractivity contribution in [1.29, 1.82) is 0 Å². The molecule has 2 fully saturated rings. The number of nitrogens with two attached hydrogens (primary N) is 1. The monoisotopic (exact) mass is 434 g/mol. The lowest BCUT2D eigenvalue weighted by atomic mass is 9.65. The van der Waals surface area contributed by atoms with Gasteiger partial charge in [-0.05, 0) is 54.5 Å². The van der Waals surface area contributed by atoms with Gasteiger partial charge in [0.1, 0.15) is 6.10 Å². The first-order valence-corrected chi connectivity index (χ1v) is 11.3. The molecule has 2 saturated carbocycles. The number of amides is 1. The molecule has 2 bridgehead atoms. The first kappa shape index (κ1) is 22.3. The van der Waals surface area contributed by atoms with E-state index >= 15 is 0 Å². The van der Waals surface area contributed by atoms with E-state index in [0.717, 1.165) is 36.1 Å². The van der Waals surface area contributed by atoms with Crippen LogP contribution in [0.2, 0.25) is 0 Å². The van der Waals surface area contributed by atoms with Gasteiger partial charge in [-0.1, -0.05) is 42.8 Å². The maximum atomic E-state index is 13.5. The molecule has 0 aliphatic heterocycles. The van der Waals surface area contributed by atoms with Crippen molar-refractivity contribution in [3.63, 3.8) is 0 Å². The SMILES string of the molecule is Cl.NC1C2CCCC1CC(C(=O)N(Cc1ccccc1)CC(O)c1cccs1)C2. The number of benzene rings is 1. The molecule has 1 amide bonds. The number of carbonyl (C=O) groups is 1. The van der Waals surface area contributed by atoms with Gasteiger partial charge in [0.2, 0.25) is 5.91 Å². The van der Waals surface area contributed by atoms with Crippen LogP contribution in [0.5, 0.6) is 0 Å². The molecule has 6 heteroatoms. The highest BCUT2D eigenvalue weighted by molar-refractivity contribution is 7.10. The number of fused-ring (bicyclic) bond motifs is 2. The summed E-state index contributed by atoms with van der Waals surface area (Å²) in [6.45, 7) is 0.881. The molecule has 3 unspecified atom stereocenters. The molecule has 158 valence electrons. The Morgan fingerprint density at radius 2 is 1.83 bits per heavy atom. The van der Waals surface area contributed by atoms with E-state index in [1.165, 1.54) is 17.8 Å². The molecule has 2 aliphatic rings. The lowest BCUT2D eigenvalue weighted by Gasteiger charge is -2.44. The lowest BCUT2D eigenvalue weighted by Crippen LogP contribution is -2.50. The van der Waals surface area contributed by atoms with Crippen LogP contribution in [0.3, 0.4) is 0 Å². The van der Waals surface area contributed by atoms with Gasteiger partial charge in [0.05, 0.1) is 6.54 Å². The second kappa shape index (κ2) is 10.1. The molecule has 2 aromatic rings. The van der Waals surface area contributed by atoms with Gasteiger partial charge >= 0.3 is 0 Å². The molecule has 2 aliphatic carbocycles. The number of hydrogen-bond donors (Lipinski definition) is 2. The molecule has 4 rings (SSSR count). The Hall–Kier alpha value is -1.40. The van der Waals surface area contributed by atoms with Gasteiger partial charge in [-0.2, -0.15) is 0 Å². The highest BCUT2D eigenvalue weighted by atomic mass is 35.5. The summed E-state index contributed by atoms with van der Waals surface area (Å²) in [5, 5.41) is 12.7. The zero-order valence-corrected chi connectivity index (χ0v) is 18.3. The largest absolute Gasteiger partial charge is 0.386 e. The molecular formula is C23H31ClN2O2S. The standard InChI is InChI=1S/C23H30N2O2S.ClH/c24-22-17-8-4-9-18(22)13-19(12-17)23(27)25(14-16-6-2-1-3-7-16)15-20(26)21-10-5-11-28-21;/h1-3,5-7,10-11,17-20,22,26H,4,8-9,12-15,24H2;1H. The van der Waals surface area contributed by atoms with Gasteiger partial charge in [0, 0.05) is 23.4 Å². The van der Waals surface area contributed by atoms with Crippen LogP contribution in [0.25, 0.3) is 0 Å². The summed E-state index contributed by atoms with van der Waals surface area (Å²) < 4.78 is 0. The fraction of sp³-hybridized carbons (Fsp3) is 0.522. The molecular weight excluding hydrogens is 404 g/mol. The zero-order valence-electron chi connectivity index (χ0n) is 16.7. The first-order valence-electron chi connectivity index (χ1n) is 10.4. The van der Waals surface area contributed by atoms with Crippen LogP contribution in [-0.4, -0.2) is 28.5 Å². The number of aliphatic hydroxyl groups is 1. The molecule has 3 atom stereocenters. The number of halogens is 1. The highest BCUT2D eigenvalue weighted by Gasteiger charge is 2.41. The van der Waals surface area contributed by atoms with Gasteiger partial charge in [-0.25, -0.2) is 0 Å². The second-order valence-electron chi connectivity index (χ2n) is 8.43. The van der Waals surface area contributed by atoms with Crippen LogP contribution in [0.1, 0.15) is 48.6 Å². The summed E-state index contributed by atoms with van der Waals surface area (Å²) in [5.74, 6) is 1.17. The number of hydrogen-bond acceptors (Lipinski definition) is 4. The minimum atomic E-state index is -0.641. The van der Waals surface area contributed by atoms with Crippen LogP contribution < -0.4 is 5.73 Å². The summed E-state index contributed by atoms with van der Waals surface area (Å²) in [6.07, 6.45) is 4.70. The third-order valence-electron chi connectivity index (χ3n) is 6.56. The summed E-state index contributed by atoms with van der Waals surface area (Å²) in [4.78, 5) is 16.3. The van der Waals surface area contributed by atoms with E-state index in [4.69, 9.17) is 5.73 Å². The van der Waals surface area contributed by atoms with Crippen molar-refractivity contribution in [2.24, 2.45) is 23.5 Å². The number of rotatable bonds is 6. The zero-order chi connectivity index (χ0) is 19.5. The summed E-state index contributed by atoms with van der Waals surface area (Å²) in [6, 6.07) is 14.2. The van der Waals surface area contributed by atoms with E-state index in [1.54, 1.807) is 0 Å². The Balaban J connectivity index is 0.00000240. The predicted molar refractivity (Wildman–Crippen MR) is 120 cm³/mol. The average molecular weight is 435 g/mol. The van der Waals surface area contributed by atoms with Crippen LogP contribution in [-0.2, 0) is 11.3 Å². The van der Waals surface area contributed by atoms with E-state index in [0.29, 0.717) is 24.9 Å². The predicted octanol–water partition coefficient (Wildman–Crippen LogP) is 4.39. The summed E-state index contributed by atoms with van der Waals surface area (Å²) in [7, 11) is 0. The Labute approximate surface area is 183 Å². The van der Waals surface area contributed by atoms with Crippen molar-refractivity contribution in [3.05, 3.63) is 58.3 Å². The average Bonchev–Trinajstić information content (AvgIpc) is 3.22. The van der Waals surface area contributed by atoms with Crippen molar-refractivity contribution in [2.45, 2.75) is 50.8 Å². The molecule has 4 nitrogen and oxygen atoms in total. The van der Waals surface area contributed by atoms with E-state index in [1.807, 2.05) is 52.7 Å². The van der Waals surface area contributed by atoms with E-state index in [2.05, 4.69) is 0 Å². The van der Waals surface area contributed by atoms with Gasteiger partial charge < -0.3 is 15.7 Å². The van der Waals surface area contributed by atoms with Crippen LogP contribution in [0, 0.1) is 17.8 Å². The highest BCUT2D eigenvalue weighted by Crippen LogP contribution is 2.42. The maximum absolute atomic E-state index is 13.5. The number of aliphatic hydroxyl groups excluding tert-OH is 1. The minimum Gasteiger partial charge on any atom is -0.386 e. The van der Waals surface area contributed by atoms with E-state index < -0.39 is 6.10 Å². The van der Waals surface area contributed by atoms with Crippen molar-refractivity contribution in [1.82, 2.24) is 4.90 Å². The van der Waals surface area contributed by atoms with Crippen LogP contribution >= 0.6 is 23.7 Å². The Kier molecular flexibility index (Phi) is 7.74. The normalized spacial score (nSPS) is 27.0. The number of nitrogens with zero attached hydrogens (tertiary/aromatic N) is 1. The Morgan fingerprint density at radius 3 is 2.45 bits per heavy atom. The minimum absolute atomic E-state index is 0.